The minimum Gasteiger partial charge on any atom is -0.480 e. The van der Waals surface area contributed by atoms with Gasteiger partial charge in [-0.05, 0) is 12.1 Å². The summed E-state index contributed by atoms with van der Waals surface area (Å²) in [5.41, 5.74) is 5.87. The van der Waals surface area contributed by atoms with Crippen LogP contribution in [0, 0.1) is 0 Å². The van der Waals surface area contributed by atoms with Crippen molar-refractivity contribution < 1.29 is 14.7 Å². The Labute approximate surface area is 120 Å². The van der Waals surface area contributed by atoms with E-state index in [1.807, 2.05) is 30.3 Å². The summed E-state index contributed by atoms with van der Waals surface area (Å²) in [6.07, 6.45) is -0.247. The molecule has 19 heavy (non-hydrogen) atoms. The molecule has 1 rings (SSSR count). The average molecular weight is 298 g/mol. The van der Waals surface area contributed by atoms with E-state index in [2.05, 4.69) is 0 Å². The van der Waals surface area contributed by atoms with Gasteiger partial charge in [0.05, 0.1) is 0 Å². The lowest BCUT2D eigenvalue weighted by molar-refractivity contribution is -0.137. The van der Waals surface area contributed by atoms with Gasteiger partial charge >= 0.3 is 5.97 Å². The number of carbonyl (C=O) groups is 2. The van der Waals surface area contributed by atoms with Gasteiger partial charge in [-0.15, -0.1) is 0 Å². The van der Waals surface area contributed by atoms with Crippen molar-refractivity contribution in [2.45, 2.75) is 11.7 Å². The van der Waals surface area contributed by atoms with Gasteiger partial charge in [0.1, 0.15) is 9.57 Å². The van der Waals surface area contributed by atoms with Crippen LogP contribution in [0.4, 0.5) is 5.69 Å². The lowest BCUT2D eigenvalue weighted by atomic mass is 10.3. The van der Waals surface area contributed by atoms with Crippen LogP contribution in [0.3, 0.4) is 0 Å². The largest absolute Gasteiger partial charge is 0.480 e. The Morgan fingerprint density at radius 3 is 2.47 bits per heavy atom. The van der Waals surface area contributed by atoms with Gasteiger partial charge in [-0.3, -0.25) is 9.59 Å². The third-order valence-corrected chi connectivity index (χ3v) is 4.01. The standard InChI is InChI=1S/C12H14N2O3S2/c1-14(8-5-3-2-4-6-8)12(18)19-9(11(16)17)7-10(13)15/h2-6,9H,7H2,1H3,(H2,13,15)(H,16,17)/t9-/m1/s1. The smallest absolute Gasteiger partial charge is 0.317 e. The van der Waals surface area contributed by atoms with Crippen molar-refractivity contribution >= 4 is 45.9 Å². The Kier molecular flexibility index (Phi) is 5.78. The molecule has 0 unspecified atom stereocenters. The monoisotopic (exact) mass is 298 g/mol. The van der Waals surface area contributed by atoms with E-state index < -0.39 is 17.1 Å². The Morgan fingerprint density at radius 2 is 2.00 bits per heavy atom. The summed E-state index contributed by atoms with van der Waals surface area (Å²) < 4.78 is 0.375. The fourth-order valence-corrected chi connectivity index (χ4v) is 2.63. The normalized spacial score (nSPS) is 11.6. The Balaban J connectivity index is 2.72. The number of nitrogens with zero attached hydrogens (tertiary/aromatic N) is 1. The molecule has 0 aromatic heterocycles. The van der Waals surface area contributed by atoms with Crippen LogP contribution in [0.15, 0.2) is 30.3 Å². The number of anilines is 1. The number of hydrogen-bond donors (Lipinski definition) is 2. The van der Waals surface area contributed by atoms with Gasteiger partial charge in [-0.1, -0.05) is 42.2 Å². The van der Waals surface area contributed by atoms with Gasteiger partial charge in [0.2, 0.25) is 5.91 Å². The number of primary amides is 1. The van der Waals surface area contributed by atoms with Crippen LogP contribution in [-0.4, -0.2) is 33.6 Å². The number of thiocarbonyl (C=S) groups is 1. The summed E-state index contributed by atoms with van der Waals surface area (Å²) in [5.74, 6) is -1.77. The molecule has 1 aromatic carbocycles. The summed E-state index contributed by atoms with van der Waals surface area (Å²) in [5, 5.41) is 8.05. The Bertz CT molecular complexity index is 479. The second-order valence-corrected chi connectivity index (χ2v) is 5.61. The second-order valence-electron chi connectivity index (χ2n) is 3.78. The first-order valence-electron chi connectivity index (χ1n) is 5.42. The molecule has 0 saturated carbocycles. The van der Waals surface area contributed by atoms with Gasteiger partial charge in [-0.25, -0.2) is 0 Å². The second kappa shape index (κ2) is 7.10. The fourth-order valence-electron chi connectivity index (χ4n) is 1.32. The molecule has 0 spiro atoms. The number of carbonyl (C=O) groups excluding carboxylic acids is 1. The molecule has 0 saturated heterocycles. The van der Waals surface area contributed by atoms with Crippen molar-refractivity contribution in [3.05, 3.63) is 30.3 Å². The maximum Gasteiger partial charge on any atom is 0.317 e. The zero-order valence-electron chi connectivity index (χ0n) is 10.3. The Hall–Kier alpha value is -1.60. The van der Waals surface area contributed by atoms with Crippen LogP contribution in [0.5, 0.6) is 0 Å². The molecule has 0 aliphatic rings. The maximum absolute atomic E-state index is 11.0. The quantitative estimate of drug-likeness (QED) is 0.801. The molecule has 3 N–H and O–H groups in total. The molecular weight excluding hydrogens is 284 g/mol. The number of nitrogens with two attached hydrogens (primary N) is 1. The van der Waals surface area contributed by atoms with E-state index in [0.29, 0.717) is 4.32 Å². The third kappa shape index (κ3) is 4.88. The SMILES string of the molecule is CN(C(=S)S[C@H](CC(N)=O)C(=O)O)c1ccccc1. The molecule has 102 valence electrons. The lowest BCUT2D eigenvalue weighted by Gasteiger charge is -2.21. The number of amides is 1. The van der Waals surface area contributed by atoms with Crippen LogP contribution >= 0.6 is 24.0 Å². The summed E-state index contributed by atoms with van der Waals surface area (Å²) in [4.78, 5) is 23.5. The number of hydrogen-bond acceptors (Lipinski definition) is 4. The summed E-state index contributed by atoms with van der Waals surface area (Å²) in [6.45, 7) is 0. The van der Waals surface area contributed by atoms with Crippen LogP contribution in [0.1, 0.15) is 6.42 Å². The highest BCUT2D eigenvalue weighted by Gasteiger charge is 2.24. The molecule has 0 heterocycles. The highest BCUT2D eigenvalue weighted by Crippen LogP contribution is 2.23. The highest BCUT2D eigenvalue weighted by molar-refractivity contribution is 8.24. The van der Waals surface area contributed by atoms with Crippen molar-refractivity contribution in [1.29, 1.82) is 0 Å². The minimum atomic E-state index is -1.10. The molecule has 5 nitrogen and oxygen atoms in total. The van der Waals surface area contributed by atoms with Crippen molar-refractivity contribution in [3.63, 3.8) is 0 Å². The molecule has 1 aromatic rings. The number of aliphatic carboxylic acids is 1. The van der Waals surface area contributed by atoms with Gasteiger partial charge < -0.3 is 15.7 Å². The van der Waals surface area contributed by atoms with E-state index in [9.17, 15) is 9.59 Å². The molecule has 0 aliphatic heterocycles. The van der Waals surface area contributed by atoms with Crippen molar-refractivity contribution in [1.82, 2.24) is 0 Å². The molecule has 0 aliphatic carbocycles. The molecule has 7 heteroatoms. The molecule has 0 bridgehead atoms. The number of benzene rings is 1. The van der Waals surface area contributed by atoms with Crippen molar-refractivity contribution in [2.24, 2.45) is 5.73 Å². The predicted octanol–water partition coefficient (Wildman–Crippen LogP) is 1.47. The predicted molar refractivity (Wildman–Crippen MR) is 80.3 cm³/mol. The first kappa shape index (κ1) is 15.5. The van der Waals surface area contributed by atoms with E-state index in [4.69, 9.17) is 23.1 Å². The minimum absolute atomic E-state index is 0.247. The number of para-hydroxylation sites is 1. The van der Waals surface area contributed by atoms with Gasteiger partial charge in [0.15, 0.2) is 0 Å². The molecular formula is C12H14N2O3S2. The molecule has 0 radical (unpaired) electrons. The number of rotatable bonds is 5. The number of carboxylic acids is 1. The fraction of sp³-hybridized carbons (Fsp3) is 0.250. The molecule has 0 fully saturated rings. The maximum atomic E-state index is 11.0. The molecule has 1 amide bonds. The first-order valence-corrected chi connectivity index (χ1v) is 6.71. The van der Waals surface area contributed by atoms with Gasteiger partial charge in [0, 0.05) is 19.2 Å². The van der Waals surface area contributed by atoms with Crippen molar-refractivity contribution in [3.8, 4) is 0 Å². The zero-order chi connectivity index (χ0) is 14.4. The average Bonchev–Trinajstić information content (AvgIpc) is 2.37. The first-order chi connectivity index (χ1) is 8.91. The van der Waals surface area contributed by atoms with Crippen LogP contribution in [0.2, 0.25) is 0 Å². The molecule has 1 atom stereocenters. The number of carboxylic acid groups (broad SMARTS) is 1. The summed E-state index contributed by atoms with van der Waals surface area (Å²) >= 11 is 6.12. The van der Waals surface area contributed by atoms with E-state index in [1.165, 1.54) is 0 Å². The summed E-state index contributed by atoms with van der Waals surface area (Å²) in [7, 11) is 1.74. The zero-order valence-corrected chi connectivity index (χ0v) is 11.9. The highest BCUT2D eigenvalue weighted by atomic mass is 32.2. The van der Waals surface area contributed by atoms with E-state index >= 15 is 0 Å². The van der Waals surface area contributed by atoms with Gasteiger partial charge in [0.25, 0.3) is 0 Å². The van der Waals surface area contributed by atoms with E-state index in [0.717, 1.165) is 17.4 Å². The topological polar surface area (TPSA) is 83.6 Å². The third-order valence-electron chi connectivity index (χ3n) is 2.32. The van der Waals surface area contributed by atoms with Crippen LogP contribution < -0.4 is 10.6 Å². The van der Waals surface area contributed by atoms with Crippen molar-refractivity contribution in [2.75, 3.05) is 11.9 Å². The Morgan fingerprint density at radius 1 is 1.42 bits per heavy atom. The lowest BCUT2D eigenvalue weighted by Crippen LogP contribution is -2.30. The van der Waals surface area contributed by atoms with Gasteiger partial charge in [-0.2, -0.15) is 0 Å². The van der Waals surface area contributed by atoms with Crippen LogP contribution in [-0.2, 0) is 9.59 Å². The number of thioether (sulfide) groups is 1. The van der Waals surface area contributed by atoms with Crippen LogP contribution in [0.25, 0.3) is 0 Å². The van der Waals surface area contributed by atoms with E-state index in [-0.39, 0.29) is 6.42 Å². The van der Waals surface area contributed by atoms with E-state index in [1.54, 1.807) is 11.9 Å². The summed E-state index contributed by atoms with van der Waals surface area (Å²) in [6, 6.07) is 9.31.